The Kier molecular flexibility index (Phi) is 3.76. The molecule has 1 aliphatic carbocycles. The lowest BCUT2D eigenvalue weighted by Gasteiger charge is -2.39. The summed E-state index contributed by atoms with van der Waals surface area (Å²) in [5.41, 5.74) is 0.267. The number of hydrogen-bond acceptors (Lipinski definition) is 2. The molecule has 0 spiro atoms. The van der Waals surface area contributed by atoms with Crippen molar-refractivity contribution in [3.05, 3.63) is 0 Å². The van der Waals surface area contributed by atoms with Crippen molar-refractivity contribution >= 4 is 5.91 Å². The number of hydrogen-bond donors (Lipinski definition) is 2. The highest BCUT2D eigenvalue weighted by atomic mass is 16.2. The molecule has 2 rings (SSSR count). The maximum absolute atomic E-state index is 12.3. The van der Waals surface area contributed by atoms with Gasteiger partial charge in [0.15, 0.2) is 0 Å². The molecule has 2 fully saturated rings. The Labute approximate surface area is 105 Å². The van der Waals surface area contributed by atoms with Crippen LogP contribution in [0.3, 0.4) is 0 Å². The number of carbonyl (C=O) groups excluding carboxylic acids is 1. The molecule has 0 aromatic carbocycles. The molecule has 2 aliphatic rings. The van der Waals surface area contributed by atoms with Gasteiger partial charge in [-0.25, -0.2) is 0 Å². The zero-order valence-corrected chi connectivity index (χ0v) is 11.4. The fraction of sp³-hybridized carbons (Fsp3) is 0.929. The van der Waals surface area contributed by atoms with E-state index in [1.807, 2.05) is 0 Å². The molecule has 1 amide bonds. The highest BCUT2D eigenvalue weighted by molar-refractivity contribution is 5.80. The third kappa shape index (κ3) is 2.82. The third-order valence-electron chi connectivity index (χ3n) is 4.68. The smallest absolute Gasteiger partial charge is 0.224 e. The lowest BCUT2D eigenvalue weighted by molar-refractivity contribution is -0.127. The standard InChI is InChI=1S/C14H26N2O/c1-10-8-15-9-11(10)13(17)16-12-6-4-5-7-14(12,2)3/h10-12,15H,4-9H2,1-3H3,(H,16,17)/t10-,11-,12?/m1/s1. The highest BCUT2D eigenvalue weighted by Gasteiger charge is 2.36. The molecule has 3 nitrogen and oxygen atoms in total. The minimum atomic E-state index is 0.174. The quantitative estimate of drug-likeness (QED) is 0.772. The topological polar surface area (TPSA) is 41.1 Å². The second kappa shape index (κ2) is 4.97. The van der Waals surface area contributed by atoms with Crippen molar-refractivity contribution in [2.45, 2.75) is 52.5 Å². The van der Waals surface area contributed by atoms with Crippen LogP contribution >= 0.6 is 0 Å². The van der Waals surface area contributed by atoms with Crippen LogP contribution in [0.2, 0.25) is 0 Å². The normalized spacial score (nSPS) is 36.8. The van der Waals surface area contributed by atoms with Crippen molar-refractivity contribution in [2.75, 3.05) is 13.1 Å². The molecule has 3 heteroatoms. The molecular formula is C14H26N2O. The first-order chi connectivity index (χ1) is 8.00. The first kappa shape index (κ1) is 12.9. The number of nitrogens with one attached hydrogen (secondary N) is 2. The van der Waals surface area contributed by atoms with Crippen LogP contribution in [0.25, 0.3) is 0 Å². The molecule has 0 aromatic rings. The fourth-order valence-corrected chi connectivity index (χ4v) is 3.20. The van der Waals surface area contributed by atoms with Crippen molar-refractivity contribution < 1.29 is 4.79 Å². The number of rotatable bonds is 2. The molecule has 2 N–H and O–H groups in total. The third-order valence-corrected chi connectivity index (χ3v) is 4.68. The van der Waals surface area contributed by atoms with Crippen LogP contribution in [-0.4, -0.2) is 25.0 Å². The number of amides is 1. The zero-order chi connectivity index (χ0) is 12.5. The molecule has 3 atom stereocenters. The summed E-state index contributed by atoms with van der Waals surface area (Å²) in [5.74, 6) is 0.914. The van der Waals surface area contributed by atoms with E-state index >= 15 is 0 Å². The molecule has 98 valence electrons. The largest absolute Gasteiger partial charge is 0.353 e. The Balaban J connectivity index is 1.93. The van der Waals surface area contributed by atoms with Gasteiger partial charge in [0.2, 0.25) is 5.91 Å². The van der Waals surface area contributed by atoms with E-state index < -0.39 is 0 Å². The van der Waals surface area contributed by atoms with Gasteiger partial charge in [-0.1, -0.05) is 33.6 Å². The molecule has 1 saturated heterocycles. The zero-order valence-electron chi connectivity index (χ0n) is 11.4. The van der Waals surface area contributed by atoms with Crippen molar-refractivity contribution in [1.29, 1.82) is 0 Å². The van der Waals surface area contributed by atoms with Crippen molar-refractivity contribution in [1.82, 2.24) is 10.6 Å². The predicted molar refractivity (Wildman–Crippen MR) is 69.7 cm³/mol. The Morgan fingerprint density at radius 1 is 1.29 bits per heavy atom. The molecule has 0 bridgehead atoms. The lowest BCUT2D eigenvalue weighted by atomic mass is 9.73. The van der Waals surface area contributed by atoms with Crippen LogP contribution in [0.1, 0.15) is 46.5 Å². The summed E-state index contributed by atoms with van der Waals surface area (Å²) >= 11 is 0. The van der Waals surface area contributed by atoms with E-state index in [2.05, 4.69) is 31.4 Å². The molecule has 17 heavy (non-hydrogen) atoms. The molecule has 1 saturated carbocycles. The van der Waals surface area contributed by atoms with Gasteiger partial charge in [-0.2, -0.15) is 0 Å². The Hall–Kier alpha value is -0.570. The van der Waals surface area contributed by atoms with Crippen LogP contribution in [-0.2, 0) is 4.79 Å². The molecular weight excluding hydrogens is 212 g/mol. The van der Waals surface area contributed by atoms with E-state index in [0.717, 1.165) is 19.5 Å². The molecule has 1 aliphatic heterocycles. The van der Waals surface area contributed by atoms with Crippen LogP contribution in [0.4, 0.5) is 0 Å². The Morgan fingerprint density at radius 2 is 2.06 bits per heavy atom. The molecule has 0 aromatic heterocycles. The van der Waals surface area contributed by atoms with Crippen LogP contribution < -0.4 is 10.6 Å². The predicted octanol–water partition coefficient (Wildman–Crippen LogP) is 1.93. The van der Waals surface area contributed by atoms with Gasteiger partial charge < -0.3 is 10.6 Å². The van der Waals surface area contributed by atoms with E-state index in [9.17, 15) is 4.79 Å². The Bertz CT molecular complexity index is 288. The second-order valence-corrected chi connectivity index (χ2v) is 6.54. The van der Waals surface area contributed by atoms with E-state index in [-0.39, 0.29) is 17.2 Å². The van der Waals surface area contributed by atoms with Crippen LogP contribution in [0, 0.1) is 17.3 Å². The van der Waals surface area contributed by atoms with Gasteiger partial charge >= 0.3 is 0 Å². The van der Waals surface area contributed by atoms with Gasteiger partial charge in [-0.05, 0) is 30.7 Å². The fourth-order valence-electron chi connectivity index (χ4n) is 3.20. The SMILES string of the molecule is C[C@@H]1CNC[C@H]1C(=O)NC1CCCCC1(C)C. The molecule has 1 heterocycles. The van der Waals surface area contributed by atoms with Gasteiger partial charge in [-0.15, -0.1) is 0 Å². The lowest BCUT2D eigenvalue weighted by Crippen LogP contribution is -2.49. The monoisotopic (exact) mass is 238 g/mol. The summed E-state index contributed by atoms with van der Waals surface area (Å²) in [5, 5.41) is 6.60. The summed E-state index contributed by atoms with van der Waals surface area (Å²) < 4.78 is 0. The second-order valence-electron chi connectivity index (χ2n) is 6.54. The Morgan fingerprint density at radius 3 is 2.65 bits per heavy atom. The van der Waals surface area contributed by atoms with E-state index in [1.54, 1.807) is 0 Å². The summed E-state index contributed by atoms with van der Waals surface area (Å²) in [6, 6.07) is 0.372. The van der Waals surface area contributed by atoms with Crippen LogP contribution in [0.5, 0.6) is 0 Å². The van der Waals surface area contributed by atoms with Crippen molar-refractivity contribution in [3.8, 4) is 0 Å². The average Bonchev–Trinajstić information content (AvgIpc) is 2.67. The summed E-state index contributed by atoms with van der Waals surface area (Å²) in [6.45, 7) is 8.56. The maximum Gasteiger partial charge on any atom is 0.224 e. The van der Waals surface area contributed by atoms with Gasteiger partial charge in [0.05, 0.1) is 5.92 Å². The van der Waals surface area contributed by atoms with E-state index in [0.29, 0.717) is 12.0 Å². The van der Waals surface area contributed by atoms with E-state index in [4.69, 9.17) is 0 Å². The summed E-state index contributed by atoms with van der Waals surface area (Å²) in [4.78, 5) is 12.3. The molecule has 1 unspecified atom stereocenters. The van der Waals surface area contributed by atoms with Crippen LogP contribution in [0.15, 0.2) is 0 Å². The minimum Gasteiger partial charge on any atom is -0.353 e. The van der Waals surface area contributed by atoms with Gasteiger partial charge in [0, 0.05) is 12.6 Å². The first-order valence-electron chi connectivity index (χ1n) is 7.02. The average molecular weight is 238 g/mol. The summed E-state index contributed by atoms with van der Waals surface area (Å²) in [6.07, 6.45) is 4.94. The van der Waals surface area contributed by atoms with Gasteiger partial charge in [-0.3, -0.25) is 4.79 Å². The van der Waals surface area contributed by atoms with Crippen molar-refractivity contribution in [2.24, 2.45) is 17.3 Å². The molecule has 0 radical (unpaired) electrons. The summed E-state index contributed by atoms with van der Waals surface area (Å²) in [7, 11) is 0. The van der Waals surface area contributed by atoms with Crippen molar-refractivity contribution in [3.63, 3.8) is 0 Å². The van der Waals surface area contributed by atoms with E-state index in [1.165, 1.54) is 19.3 Å². The maximum atomic E-state index is 12.3. The number of carbonyl (C=O) groups is 1. The van der Waals surface area contributed by atoms with Gasteiger partial charge in [0.1, 0.15) is 0 Å². The minimum absolute atomic E-state index is 0.174. The highest BCUT2D eigenvalue weighted by Crippen LogP contribution is 2.35. The van der Waals surface area contributed by atoms with Gasteiger partial charge in [0.25, 0.3) is 0 Å². The first-order valence-corrected chi connectivity index (χ1v) is 7.02.